The lowest BCUT2D eigenvalue weighted by Gasteiger charge is -2.31. The predicted octanol–water partition coefficient (Wildman–Crippen LogP) is 0.856. The van der Waals surface area contributed by atoms with Crippen molar-refractivity contribution in [1.29, 1.82) is 0 Å². The average Bonchev–Trinajstić information content (AvgIpc) is 2.91. The topological polar surface area (TPSA) is 65.1 Å². The van der Waals surface area contributed by atoms with E-state index in [9.17, 15) is 9.59 Å². The predicted molar refractivity (Wildman–Crippen MR) is 91.0 cm³/mol. The van der Waals surface area contributed by atoms with Crippen molar-refractivity contribution in [1.82, 2.24) is 18.7 Å². The molecule has 0 N–H and O–H groups in total. The Morgan fingerprint density at radius 1 is 1.22 bits per heavy atom. The summed E-state index contributed by atoms with van der Waals surface area (Å²) < 4.78 is 4.44. The van der Waals surface area contributed by atoms with Crippen LogP contribution in [-0.2, 0) is 20.6 Å². The molecule has 1 aliphatic rings. The van der Waals surface area contributed by atoms with Crippen molar-refractivity contribution in [3.05, 3.63) is 33.5 Å². The second-order valence-corrected chi connectivity index (χ2v) is 6.36. The molecule has 0 atom stereocenters. The molecule has 7 heteroatoms. The van der Waals surface area contributed by atoms with Crippen molar-refractivity contribution >= 4 is 17.1 Å². The van der Waals surface area contributed by atoms with E-state index in [4.69, 9.17) is 0 Å². The molecule has 1 aliphatic heterocycles. The Bertz CT molecular complexity index is 865. The minimum atomic E-state index is -0.357. The van der Waals surface area contributed by atoms with E-state index in [2.05, 4.69) is 23.4 Å². The molecule has 1 saturated heterocycles. The second-order valence-electron chi connectivity index (χ2n) is 6.36. The van der Waals surface area contributed by atoms with Crippen LogP contribution in [0.25, 0.3) is 11.2 Å². The Morgan fingerprint density at radius 3 is 2.48 bits per heavy atom. The fourth-order valence-corrected chi connectivity index (χ4v) is 3.19. The number of anilines is 1. The summed E-state index contributed by atoms with van der Waals surface area (Å²) in [5, 5.41) is 0. The van der Waals surface area contributed by atoms with Crippen LogP contribution in [0.3, 0.4) is 0 Å². The molecule has 0 amide bonds. The van der Waals surface area contributed by atoms with Crippen LogP contribution in [-0.4, -0.2) is 31.8 Å². The molecule has 0 bridgehead atoms. The molecule has 0 aromatic carbocycles. The third kappa shape index (κ3) is 2.40. The molecule has 0 unspecified atom stereocenters. The number of hydrogen-bond donors (Lipinski definition) is 0. The highest BCUT2D eigenvalue weighted by Crippen LogP contribution is 2.25. The minimum Gasteiger partial charge on any atom is -0.342 e. The van der Waals surface area contributed by atoms with Crippen LogP contribution >= 0.6 is 0 Å². The Hall–Kier alpha value is -2.31. The third-order valence-electron chi connectivity index (χ3n) is 4.71. The van der Waals surface area contributed by atoms with Crippen LogP contribution in [0.4, 0.5) is 5.95 Å². The van der Waals surface area contributed by atoms with Gasteiger partial charge in [0.15, 0.2) is 11.2 Å². The summed E-state index contributed by atoms with van der Waals surface area (Å²) in [6, 6.07) is 0. The average molecular weight is 317 g/mol. The van der Waals surface area contributed by atoms with Gasteiger partial charge in [0.05, 0.1) is 0 Å². The summed E-state index contributed by atoms with van der Waals surface area (Å²) in [6.07, 6.45) is 3.96. The largest absolute Gasteiger partial charge is 0.342 e. The van der Waals surface area contributed by atoms with Gasteiger partial charge in [0.1, 0.15) is 0 Å². The van der Waals surface area contributed by atoms with Gasteiger partial charge in [-0.3, -0.25) is 13.9 Å². The Labute approximate surface area is 134 Å². The van der Waals surface area contributed by atoms with E-state index in [0.29, 0.717) is 23.6 Å². The van der Waals surface area contributed by atoms with Crippen LogP contribution in [0.1, 0.15) is 19.8 Å². The Balaban J connectivity index is 2.26. The number of allylic oxidation sites excluding steroid dienone is 1. The fraction of sp³-hybridized carbons (Fsp3) is 0.562. The summed E-state index contributed by atoms with van der Waals surface area (Å²) in [5.74, 6) is 1.46. The van der Waals surface area contributed by atoms with Crippen LogP contribution in [0.15, 0.2) is 22.2 Å². The number of aryl methyl sites for hydroxylation is 1. The van der Waals surface area contributed by atoms with Crippen molar-refractivity contribution in [2.45, 2.75) is 26.3 Å². The van der Waals surface area contributed by atoms with Crippen molar-refractivity contribution in [3.8, 4) is 0 Å². The summed E-state index contributed by atoms with van der Waals surface area (Å²) in [6.45, 7) is 8.36. The van der Waals surface area contributed by atoms with Crippen LogP contribution in [0.5, 0.6) is 0 Å². The highest BCUT2D eigenvalue weighted by atomic mass is 16.2. The maximum Gasteiger partial charge on any atom is 0.332 e. The van der Waals surface area contributed by atoms with E-state index < -0.39 is 0 Å². The van der Waals surface area contributed by atoms with Gasteiger partial charge in [0.25, 0.3) is 5.56 Å². The molecule has 23 heavy (non-hydrogen) atoms. The molecule has 0 aliphatic carbocycles. The smallest absolute Gasteiger partial charge is 0.332 e. The molecule has 0 spiro atoms. The third-order valence-corrected chi connectivity index (χ3v) is 4.71. The van der Waals surface area contributed by atoms with Gasteiger partial charge in [-0.25, -0.2) is 4.79 Å². The lowest BCUT2D eigenvalue weighted by atomic mass is 10.00. The van der Waals surface area contributed by atoms with Gasteiger partial charge in [-0.1, -0.05) is 13.0 Å². The van der Waals surface area contributed by atoms with E-state index >= 15 is 0 Å². The molecule has 7 nitrogen and oxygen atoms in total. The molecule has 0 saturated carbocycles. The van der Waals surface area contributed by atoms with Crippen molar-refractivity contribution in [2.24, 2.45) is 20.0 Å². The molecular formula is C16H23N5O2. The molecule has 124 valence electrons. The number of nitrogens with zero attached hydrogens (tertiary/aromatic N) is 5. The standard InChI is InChI=1S/C16H23N5O2/c1-5-8-21-12-13(18(3)16(23)19(4)14(12)22)17-15(21)20-9-6-11(2)7-10-20/h5,11H,1,6-10H2,2-4H3. The molecule has 3 rings (SSSR count). The van der Waals surface area contributed by atoms with Crippen LogP contribution < -0.4 is 16.1 Å². The number of piperidine rings is 1. The van der Waals surface area contributed by atoms with Gasteiger partial charge in [-0.2, -0.15) is 4.98 Å². The number of aromatic nitrogens is 4. The van der Waals surface area contributed by atoms with Crippen molar-refractivity contribution < 1.29 is 0 Å². The number of fused-ring (bicyclic) bond motifs is 1. The maximum absolute atomic E-state index is 12.6. The summed E-state index contributed by atoms with van der Waals surface area (Å²) >= 11 is 0. The van der Waals surface area contributed by atoms with Gasteiger partial charge in [0, 0.05) is 33.7 Å². The van der Waals surface area contributed by atoms with Crippen molar-refractivity contribution in [2.75, 3.05) is 18.0 Å². The van der Waals surface area contributed by atoms with E-state index in [1.54, 1.807) is 13.1 Å². The molecule has 3 heterocycles. The Morgan fingerprint density at radius 2 is 1.87 bits per heavy atom. The second kappa shape index (κ2) is 5.72. The van der Waals surface area contributed by atoms with Gasteiger partial charge in [-0.15, -0.1) is 6.58 Å². The number of hydrogen-bond acceptors (Lipinski definition) is 4. The van der Waals surface area contributed by atoms with E-state index in [1.807, 2.05) is 4.57 Å². The normalized spacial score (nSPS) is 16.2. The van der Waals surface area contributed by atoms with E-state index in [-0.39, 0.29) is 11.2 Å². The highest BCUT2D eigenvalue weighted by molar-refractivity contribution is 5.74. The van der Waals surface area contributed by atoms with Gasteiger partial charge >= 0.3 is 5.69 Å². The van der Waals surface area contributed by atoms with E-state index in [1.165, 1.54) is 11.6 Å². The zero-order valence-corrected chi connectivity index (χ0v) is 13.9. The first-order valence-electron chi connectivity index (χ1n) is 7.97. The maximum atomic E-state index is 12.6. The monoisotopic (exact) mass is 317 g/mol. The zero-order valence-electron chi connectivity index (χ0n) is 13.9. The lowest BCUT2D eigenvalue weighted by Crippen LogP contribution is -2.37. The van der Waals surface area contributed by atoms with Crippen LogP contribution in [0, 0.1) is 5.92 Å². The SMILES string of the molecule is C=CCn1c(N2CCC(C)CC2)nc2c1c(=O)n(C)c(=O)n2C. The van der Waals surface area contributed by atoms with Crippen molar-refractivity contribution in [3.63, 3.8) is 0 Å². The lowest BCUT2D eigenvalue weighted by molar-refractivity contribution is 0.432. The van der Waals surface area contributed by atoms with Gasteiger partial charge in [-0.05, 0) is 18.8 Å². The molecular weight excluding hydrogens is 294 g/mol. The number of rotatable bonds is 3. The molecule has 0 radical (unpaired) electrons. The van der Waals surface area contributed by atoms with Gasteiger partial charge < -0.3 is 9.47 Å². The summed E-state index contributed by atoms with van der Waals surface area (Å²) in [5.41, 5.74) is 0.232. The van der Waals surface area contributed by atoms with Gasteiger partial charge in [0.2, 0.25) is 5.95 Å². The molecule has 2 aromatic rings. The zero-order chi connectivity index (χ0) is 16.7. The first-order chi connectivity index (χ1) is 11.0. The summed E-state index contributed by atoms with van der Waals surface area (Å²) in [7, 11) is 3.15. The van der Waals surface area contributed by atoms with Crippen LogP contribution in [0.2, 0.25) is 0 Å². The fourth-order valence-electron chi connectivity index (χ4n) is 3.19. The number of imidazole rings is 1. The summed E-state index contributed by atoms with van der Waals surface area (Å²) in [4.78, 5) is 31.6. The highest BCUT2D eigenvalue weighted by Gasteiger charge is 2.24. The minimum absolute atomic E-state index is 0.311. The first-order valence-corrected chi connectivity index (χ1v) is 7.97. The van der Waals surface area contributed by atoms with E-state index in [0.717, 1.165) is 36.4 Å². The molecule has 2 aromatic heterocycles. The first kappa shape index (κ1) is 15.6. The quantitative estimate of drug-likeness (QED) is 0.788. The Kier molecular flexibility index (Phi) is 3.87. The molecule has 1 fully saturated rings.